The van der Waals surface area contributed by atoms with Crippen LogP contribution >= 0.6 is 0 Å². The second kappa shape index (κ2) is 7.69. The van der Waals surface area contributed by atoms with Gasteiger partial charge >= 0.3 is 0 Å². The van der Waals surface area contributed by atoms with Gasteiger partial charge < -0.3 is 10.6 Å². The molecule has 2 heteroatoms. The molecule has 0 heterocycles. The second-order valence-corrected chi connectivity index (χ2v) is 5.95. The Bertz CT molecular complexity index is 766. The molecular weight excluding hydrogens is 292 g/mol. The first-order valence-corrected chi connectivity index (χ1v) is 8.57. The zero-order valence-electron chi connectivity index (χ0n) is 14.2. The summed E-state index contributed by atoms with van der Waals surface area (Å²) in [5.74, 6) is 0. The van der Waals surface area contributed by atoms with Gasteiger partial charge in [0.25, 0.3) is 0 Å². The number of benzene rings is 3. The van der Waals surface area contributed by atoms with Crippen molar-refractivity contribution in [1.82, 2.24) is 0 Å². The van der Waals surface area contributed by atoms with Crippen molar-refractivity contribution < 1.29 is 0 Å². The number of unbranched alkanes of at least 4 members (excludes halogenated alkanes) is 1. The molecule has 0 radical (unpaired) electrons. The van der Waals surface area contributed by atoms with Gasteiger partial charge in [-0.2, -0.15) is 0 Å². The lowest BCUT2D eigenvalue weighted by Gasteiger charge is -2.29. The Morgan fingerprint density at radius 1 is 0.792 bits per heavy atom. The molecule has 0 fully saturated rings. The van der Waals surface area contributed by atoms with E-state index in [4.69, 9.17) is 5.73 Å². The number of nitrogen functional groups attached to an aromatic ring is 1. The molecule has 0 aliphatic rings. The van der Waals surface area contributed by atoms with Gasteiger partial charge in [-0.1, -0.05) is 74.0 Å². The summed E-state index contributed by atoms with van der Waals surface area (Å²) in [4.78, 5) is 2.35. The minimum atomic E-state index is 0.816. The summed E-state index contributed by atoms with van der Waals surface area (Å²) < 4.78 is 0. The molecular formula is C22H24N2. The molecule has 0 spiro atoms. The first-order valence-electron chi connectivity index (χ1n) is 8.57. The van der Waals surface area contributed by atoms with E-state index in [1.165, 1.54) is 16.8 Å². The van der Waals surface area contributed by atoms with Crippen molar-refractivity contribution in [1.29, 1.82) is 0 Å². The minimum Gasteiger partial charge on any atom is -0.397 e. The van der Waals surface area contributed by atoms with Gasteiger partial charge in [-0.15, -0.1) is 0 Å². The molecule has 0 amide bonds. The van der Waals surface area contributed by atoms with Gasteiger partial charge in [0, 0.05) is 17.8 Å². The van der Waals surface area contributed by atoms with E-state index >= 15 is 0 Å². The van der Waals surface area contributed by atoms with Crippen LogP contribution in [0.2, 0.25) is 0 Å². The molecule has 0 unspecified atom stereocenters. The first-order chi connectivity index (χ1) is 11.8. The minimum absolute atomic E-state index is 0.816. The molecule has 0 aliphatic heterocycles. The van der Waals surface area contributed by atoms with E-state index in [1.54, 1.807) is 0 Å². The molecule has 24 heavy (non-hydrogen) atoms. The molecule has 0 atom stereocenters. The van der Waals surface area contributed by atoms with E-state index < -0.39 is 0 Å². The average Bonchev–Trinajstić information content (AvgIpc) is 2.64. The largest absolute Gasteiger partial charge is 0.397 e. The fourth-order valence-electron chi connectivity index (χ4n) is 3.01. The molecule has 0 saturated heterocycles. The van der Waals surface area contributed by atoms with Crippen LogP contribution in [0.4, 0.5) is 17.1 Å². The number of rotatable bonds is 6. The normalized spacial score (nSPS) is 10.5. The van der Waals surface area contributed by atoms with Gasteiger partial charge in [0.1, 0.15) is 0 Å². The highest BCUT2D eigenvalue weighted by molar-refractivity contribution is 5.90. The molecule has 0 bridgehead atoms. The van der Waals surface area contributed by atoms with E-state index in [0.29, 0.717) is 0 Å². The Labute approximate surface area is 144 Å². The summed E-state index contributed by atoms with van der Waals surface area (Å²) in [5, 5.41) is 0. The average molecular weight is 316 g/mol. The summed E-state index contributed by atoms with van der Waals surface area (Å²) in [5.41, 5.74) is 11.9. The summed E-state index contributed by atoms with van der Waals surface area (Å²) >= 11 is 0. The number of para-hydroxylation sites is 2. The third kappa shape index (κ3) is 3.43. The molecule has 0 aromatic heterocycles. The lowest BCUT2D eigenvalue weighted by Crippen LogP contribution is -2.20. The standard InChI is InChI=1S/C22H24N2/c1-2-3-17-24(19-13-8-5-9-14-19)22-20(15-10-16-21(22)23)18-11-6-4-7-12-18/h4-16H,2-3,17,23H2,1H3. The fraction of sp³-hybridized carbons (Fsp3) is 0.182. The third-order valence-electron chi connectivity index (χ3n) is 4.23. The monoisotopic (exact) mass is 316 g/mol. The summed E-state index contributed by atoms with van der Waals surface area (Å²) in [6.45, 7) is 3.17. The van der Waals surface area contributed by atoms with Crippen molar-refractivity contribution in [2.24, 2.45) is 0 Å². The van der Waals surface area contributed by atoms with E-state index in [9.17, 15) is 0 Å². The quantitative estimate of drug-likeness (QED) is 0.576. The van der Waals surface area contributed by atoms with Crippen molar-refractivity contribution in [3.8, 4) is 11.1 Å². The molecule has 3 aromatic rings. The van der Waals surface area contributed by atoms with Crippen LogP contribution in [0, 0.1) is 0 Å². The zero-order valence-corrected chi connectivity index (χ0v) is 14.2. The second-order valence-electron chi connectivity index (χ2n) is 5.95. The van der Waals surface area contributed by atoms with Crippen LogP contribution in [0.5, 0.6) is 0 Å². The first kappa shape index (κ1) is 16.1. The Balaban J connectivity index is 2.14. The van der Waals surface area contributed by atoms with Gasteiger partial charge in [0.2, 0.25) is 0 Å². The Hall–Kier alpha value is -2.74. The Morgan fingerprint density at radius 3 is 2.12 bits per heavy atom. The van der Waals surface area contributed by atoms with Crippen LogP contribution in [0.1, 0.15) is 19.8 Å². The maximum atomic E-state index is 6.43. The van der Waals surface area contributed by atoms with Gasteiger partial charge in [0.15, 0.2) is 0 Å². The molecule has 0 saturated carbocycles. The number of anilines is 3. The predicted molar refractivity (Wildman–Crippen MR) is 105 cm³/mol. The molecule has 2 nitrogen and oxygen atoms in total. The van der Waals surface area contributed by atoms with Crippen molar-refractivity contribution in [2.45, 2.75) is 19.8 Å². The van der Waals surface area contributed by atoms with Crippen LogP contribution in [-0.2, 0) is 0 Å². The van der Waals surface area contributed by atoms with E-state index in [1.807, 2.05) is 24.3 Å². The SMILES string of the molecule is CCCCN(c1ccccc1)c1c(N)cccc1-c1ccccc1. The van der Waals surface area contributed by atoms with Crippen molar-refractivity contribution >= 4 is 17.1 Å². The van der Waals surface area contributed by atoms with Crippen molar-refractivity contribution in [2.75, 3.05) is 17.2 Å². The summed E-state index contributed by atoms with van der Waals surface area (Å²) in [7, 11) is 0. The molecule has 2 N–H and O–H groups in total. The topological polar surface area (TPSA) is 29.3 Å². The van der Waals surface area contributed by atoms with Gasteiger partial charge in [0.05, 0.1) is 11.4 Å². The molecule has 3 aromatic carbocycles. The molecule has 0 aliphatic carbocycles. The smallest absolute Gasteiger partial charge is 0.0723 e. The highest BCUT2D eigenvalue weighted by Crippen LogP contribution is 2.39. The van der Waals surface area contributed by atoms with Crippen LogP contribution in [0.3, 0.4) is 0 Å². The highest BCUT2D eigenvalue weighted by Gasteiger charge is 2.17. The maximum absolute atomic E-state index is 6.43. The maximum Gasteiger partial charge on any atom is 0.0723 e. The van der Waals surface area contributed by atoms with Gasteiger partial charge in [-0.3, -0.25) is 0 Å². The number of hydrogen-bond acceptors (Lipinski definition) is 2. The van der Waals surface area contributed by atoms with Crippen molar-refractivity contribution in [3.05, 3.63) is 78.9 Å². The lowest BCUT2D eigenvalue weighted by atomic mass is 10.0. The molecule has 122 valence electrons. The van der Waals surface area contributed by atoms with E-state index in [2.05, 4.69) is 66.4 Å². The van der Waals surface area contributed by atoms with Crippen LogP contribution in [-0.4, -0.2) is 6.54 Å². The third-order valence-corrected chi connectivity index (χ3v) is 4.23. The van der Waals surface area contributed by atoms with Gasteiger partial charge in [-0.25, -0.2) is 0 Å². The van der Waals surface area contributed by atoms with E-state index in [0.717, 1.165) is 30.8 Å². The Morgan fingerprint density at radius 2 is 1.46 bits per heavy atom. The van der Waals surface area contributed by atoms with Crippen LogP contribution in [0.15, 0.2) is 78.9 Å². The Kier molecular flexibility index (Phi) is 5.17. The number of hydrogen-bond donors (Lipinski definition) is 1. The van der Waals surface area contributed by atoms with E-state index in [-0.39, 0.29) is 0 Å². The van der Waals surface area contributed by atoms with Crippen LogP contribution in [0.25, 0.3) is 11.1 Å². The number of nitrogens with zero attached hydrogens (tertiary/aromatic N) is 1. The predicted octanol–water partition coefficient (Wildman–Crippen LogP) is 5.87. The van der Waals surface area contributed by atoms with Gasteiger partial charge in [-0.05, 0) is 30.2 Å². The lowest BCUT2D eigenvalue weighted by molar-refractivity contribution is 0.786. The molecule has 3 rings (SSSR count). The number of nitrogens with two attached hydrogens (primary N) is 1. The van der Waals surface area contributed by atoms with Crippen molar-refractivity contribution in [3.63, 3.8) is 0 Å². The highest BCUT2D eigenvalue weighted by atomic mass is 15.1. The fourth-order valence-corrected chi connectivity index (χ4v) is 3.01. The summed E-state index contributed by atoms with van der Waals surface area (Å²) in [6.07, 6.45) is 2.27. The van der Waals surface area contributed by atoms with Crippen LogP contribution < -0.4 is 10.6 Å². The zero-order chi connectivity index (χ0) is 16.8. The summed E-state index contributed by atoms with van der Waals surface area (Å²) in [6, 6.07) is 27.1.